The lowest BCUT2D eigenvalue weighted by molar-refractivity contribution is -0.870. The number of hydrogen-bond donors (Lipinski definition) is 3. The first kappa shape index (κ1) is 91.9. The van der Waals surface area contributed by atoms with Crippen molar-refractivity contribution < 1.29 is 32.9 Å². The van der Waals surface area contributed by atoms with Crippen LogP contribution in [-0.4, -0.2) is 73.4 Å². The highest BCUT2D eigenvalue weighted by Gasteiger charge is 2.28. The van der Waals surface area contributed by atoms with Crippen molar-refractivity contribution in [2.75, 3.05) is 40.9 Å². The summed E-state index contributed by atoms with van der Waals surface area (Å²) in [5.41, 5.74) is 0. The van der Waals surface area contributed by atoms with E-state index in [4.69, 9.17) is 9.05 Å². The lowest BCUT2D eigenvalue weighted by Gasteiger charge is -2.25. The van der Waals surface area contributed by atoms with Crippen molar-refractivity contribution in [3.63, 3.8) is 0 Å². The number of nitrogens with one attached hydrogen (secondary N) is 1. The standard InChI is InChI=1S/C85H161N2O6P/c1-6-8-10-12-14-16-18-20-22-24-26-28-30-32-34-36-38-39-40-41-42-43-44-45-46-47-49-51-53-55-57-59-61-63-65-67-69-71-73-75-77-79-85(89)86-83(82-93-94(90,91)92-81-80-87(3,4)5)84(88)78-76-74-72-70-68-66-64-62-60-58-56-54-52-50-48-37-35-33-31-29-27-25-23-21-19-17-15-13-11-9-7-2/h8,10,14,16,20,22,26,28,68,70,76,78,83-84,88H,6-7,9,11-13,15,17-19,21,23-25,27,29-67,69,71-75,77,79-82H2,1-5H3,(H-,86,89,90,91)/p+1/b10-8-,16-14-,22-20-,28-26-,70-68+,78-76+. The van der Waals surface area contributed by atoms with Crippen molar-refractivity contribution in [3.8, 4) is 0 Å². The van der Waals surface area contributed by atoms with E-state index in [1.807, 2.05) is 27.2 Å². The number of phosphoric ester groups is 1. The monoisotopic (exact) mass is 1340 g/mol. The third-order valence-corrected chi connectivity index (χ3v) is 19.9. The second kappa shape index (κ2) is 75.1. The number of hydrogen-bond acceptors (Lipinski definition) is 5. The van der Waals surface area contributed by atoms with Crippen LogP contribution < -0.4 is 5.32 Å². The minimum Gasteiger partial charge on any atom is -0.387 e. The molecule has 3 atom stereocenters. The van der Waals surface area contributed by atoms with E-state index in [1.54, 1.807) is 6.08 Å². The molecule has 0 fully saturated rings. The Kier molecular flexibility index (Phi) is 73.5. The summed E-state index contributed by atoms with van der Waals surface area (Å²) >= 11 is 0. The summed E-state index contributed by atoms with van der Waals surface area (Å²) < 4.78 is 23.9. The third-order valence-electron chi connectivity index (χ3n) is 18.9. The first-order valence-corrected chi connectivity index (χ1v) is 42.8. The Morgan fingerprint density at radius 2 is 0.649 bits per heavy atom. The fourth-order valence-corrected chi connectivity index (χ4v) is 13.3. The van der Waals surface area contributed by atoms with Crippen LogP contribution in [0.5, 0.6) is 0 Å². The SMILES string of the molecule is CC/C=C\C/C=C\C/C=C\C/C=C\CCCCCCCCCCCCCCCCCCCCCCCCCCCCCCC(=O)NC(COP(=O)(O)OCC[N+](C)(C)C)C(O)/C=C/CC/C=C/CCCCCCCCCCCCCCCCCCCCCCCCCCC. The van der Waals surface area contributed by atoms with Gasteiger partial charge in [-0.2, -0.15) is 0 Å². The number of carbonyl (C=O) groups is 1. The van der Waals surface area contributed by atoms with E-state index in [9.17, 15) is 19.4 Å². The van der Waals surface area contributed by atoms with Gasteiger partial charge in [0.1, 0.15) is 13.2 Å². The number of nitrogens with zero attached hydrogens (tertiary/aromatic N) is 1. The number of carbonyl (C=O) groups excluding carboxylic acids is 1. The molecule has 0 radical (unpaired) electrons. The average Bonchev–Trinajstić information content (AvgIpc) is 1.77. The van der Waals surface area contributed by atoms with E-state index in [0.717, 1.165) is 64.2 Å². The van der Waals surface area contributed by atoms with Crippen molar-refractivity contribution in [2.45, 2.75) is 424 Å². The van der Waals surface area contributed by atoms with E-state index in [0.29, 0.717) is 17.4 Å². The largest absolute Gasteiger partial charge is 0.472 e. The Hall–Kier alpha value is -2.06. The summed E-state index contributed by atoms with van der Waals surface area (Å²) in [5, 5.41) is 14.0. The van der Waals surface area contributed by atoms with Gasteiger partial charge in [-0.25, -0.2) is 4.57 Å². The molecule has 0 saturated heterocycles. The Morgan fingerprint density at radius 3 is 0.979 bits per heavy atom. The molecule has 8 nitrogen and oxygen atoms in total. The number of unbranched alkanes of at least 4 members (excludes halogenated alkanes) is 54. The number of aliphatic hydroxyl groups excluding tert-OH is 1. The van der Waals surface area contributed by atoms with Crippen LogP contribution in [0.4, 0.5) is 0 Å². The van der Waals surface area contributed by atoms with E-state index in [-0.39, 0.29) is 19.1 Å². The summed E-state index contributed by atoms with van der Waals surface area (Å²) in [6.07, 6.45) is 107. The van der Waals surface area contributed by atoms with Crippen molar-refractivity contribution in [3.05, 3.63) is 72.9 Å². The zero-order valence-electron chi connectivity index (χ0n) is 63.5. The number of likely N-dealkylation sites (N-methyl/N-ethyl adjacent to an activating group) is 1. The van der Waals surface area contributed by atoms with Gasteiger partial charge < -0.3 is 19.8 Å². The van der Waals surface area contributed by atoms with Gasteiger partial charge in [0.2, 0.25) is 5.91 Å². The average molecular weight is 1340 g/mol. The zero-order valence-corrected chi connectivity index (χ0v) is 64.4. The van der Waals surface area contributed by atoms with Gasteiger partial charge in [0.25, 0.3) is 0 Å². The first-order chi connectivity index (χ1) is 46.0. The van der Waals surface area contributed by atoms with Crippen LogP contribution in [0.1, 0.15) is 412 Å². The summed E-state index contributed by atoms with van der Waals surface area (Å²) in [7, 11) is 1.57. The molecule has 0 aliphatic rings. The molecule has 552 valence electrons. The van der Waals surface area contributed by atoms with Gasteiger partial charge in [-0.05, 0) is 70.6 Å². The third kappa shape index (κ3) is 77.3. The second-order valence-corrected chi connectivity index (χ2v) is 30.9. The Labute approximate surface area is 586 Å². The Morgan fingerprint density at radius 1 is 0.372 bits per heavy atom. The molecule has 0 aromatic rings. The molecular weight excluding hydrogens is 1180 g/mol. The van der Waals surface area contributed by atoms with Gasteiger partial charge in [0.15, 0.2) is 0 Å². The van der Waals surface area contributed by atoms with Crippen LogP contribution >= 0.6 is 7.82 Å². The first-order valence-electron chi connectivity index (χ1n) is 41.3. The highest BCUT2D eigenvalue weighted by Crippen LogP contribution is 2.43. The molecule has 0 aromatic heterocycles. The Bertz CT molecular complexity index is 1770. The maximum atomic E-state index is 13.1. The maximum Gasteiger partial charge on any atom is 0.472 e. The molecule has 3 N–H and O–H groups in total. The molecule has 0 heterocycles. The van der Waals surface area contributed by atoms with Gasteiger partial charge in [-0.3, -0.25) is 13.8 Å². The van der Waals surface area contributed by atoms with Crippen molar-refractivity contribution in [2.24, 2.45) is 0 Å². The molecule has 3 unspecified atom stereocenters. The number of aliphatic hydroxyl groups is 1. The summed E-state index contributed by atoms with van der Waals surface area (Å²) in [4.78, 5) is 23.5. The van der Waals surface area contributed by atoms with E-state index in [2.05, 4.69) is 79.9 Å². The smallest absolute Gasteiger partial charge is 0.387 e. The summed E-state index contributed by atoms with van der Waals surface area (Å²) in [6, 6.07) is -0.866. The predicted molar refractivity (Wildman–Crippen MR) is 415 cm³/mol. The van der Waals surface area contributed by atoms with Crippen molar-refractivity contribution in [1.82, 2.24) is 5.32 Å². The molecule has 94 heavy (non-hydrogen) atoms. The van der Waals surface area contributed by atoms with Gasteiger partial charge in [0.05, 0.1) is 39.9 Å². The molecule has 0 spiro atoms. The number of quaternary nitrogens is 1. The van der Waals surface area contributed by atoms with Crippen LogP contribution in [0, 0.1) is 0 Å². The van der Waals surface area contributed by atoms with Gasteiger partial charge in [-0.15, -0.1) is 0 Å². The normalized spacial score (nSPS) is 13.8. The molecule has 0 bridgehead atoms. The lowest BCUT2D eigenvalue weighted by atomic mass is 10.0. The molecule has 1 amide bonds. The molecule has 9 heteroatoms. The molecule has 0 rings (SSSR count). The summed E-state index contributed by atoms with van der Waals surface area (Å²) in [5.74, 6) is -0.179. The number of amides is 1. The van der Waals surface area contributed by atoms with Gasteiger partial charge >= 0.3 is 7.82 Å². The minimum absolute atomic E-state index is 0.0572. The molecule has 0 aliphatic carbocycles. The topological polar surface area (TPSA) is 105 Å². The quantitative estimate of drug-likeness (QED) is 0.0243. The summed E-state index contributed by atoms with van der Waals surface area (Å²) in [6.45, 7) is 4.74. The maximum absolute atomic E-state index is 13.1. The van der Waals surface area contributed by atoms with Gasteiger partial charge in [0, 0.05) is 6.42 Å². The van der Waals surface area contributed by atoms with E-state index in [1.165, 1.54) is 327 Å². The lowest BCUT2D eigenvalue weighted by Crippen LogP contribution is -2.45. The molecule has 0 aliphatic heterocycles. The van der Waals surface area contributed by atoms with Crippen molar-refractivity contribution in [1.29, 1.82) is 0 Å². The minimum atomic E-state index is -4.37. The highest BCUT2D eigenvalue weighted by molar-refractivity contribution is 7.47. The number of allylic oxidation sites excluding steroid dienone is 11. The number of phosphoric acid groups is 1. The predicted octanol–water partition coefficient (Wildman–Crippen LogP) is 27.2. The van der Waals surface area contributed by atoms with Crippen LogP contribution in [-0.2, 0) is 18.4 Å². The van der Waals surface area contributed by atoms with Crippen LogP contribution in [0.15, 0.2) is 72.9 Å². The fourth-order valence-electron chi connectivity index (χ4n) is 12.6. The van der Waals surface area contributed by atoms with Crippen LogP contribution in [0.25, 0.3) is 0 Å². The molecule has 0 aromatic carbocycles. The fraction of sp³-hybridized carbons (Fsp3) is 0.847. The van der Waals surface area contributed by atoms with Crippen LogP contribution in [0.3, 0.4) is 0 Å². The van der Waals surface area contributed by atoms with E-state index < -0.39 is 20.0 Å². The molecular formula is C85H162N2O6P+. The van der Waals surface area contributed by atoms with E-state index >= 15 is 0 Å². The van der Waals surface area contributed by atoms with Crippen LogP contribution in [0.2, 0.25) is 0 Å². The molecule has 0 saturated carbocycles. The highest BCUT2D eigenvalue weighted by atomic mass is 31.2. The van der Waals surface area contributed by atoms with Gasteiger partial charge in [-0.1, -0.05) is 408 Å². The second-order valence-electron chi connectivity index (χ2n) is 29.5. The zero-order chi connectivity index (χ0) is 68.3. The van der Waals surface area contributed by atoms with Crippen molar-refractivity contribution >= 4 is 13.7 Å². The number of rotatable bonds is 77. The Balaban J connectivity index is 3.93.